The van der Waals surface area contributed by atoms with E-state index in [1.54, 1.807) is 0 Å². The van der Waals surface area contributed by atoms with Crippen molar-refractivity contribution < 1.29 is 14.7 Å². The lowest BCUT2D eigenvalue weighted by Crippen LogP contribution is -2.47. The topological polar surface area (TPSA) is 78.4 Å². The molecular weight excluding hydrogens is 256 g/mol. The van der Waals surface area contributed by atoms with E-state index in [4.69, 9.17) is 5.11 Å². The quantitative estimate of drug-likeness (QED) is 0.719. The molecule has 5 heteroatoms. The van der Waals surface area contributed by atoms with E-state index in [9.17, 15) is 9.59 Å². The van der Waals surface area contributed by atoms with Gasteiger partial charge in [-0.25, -0.2) is 4.79 Å². The molecule has 2 bridgehead atoms. The van der Waals surface area contributed by atoms with E-state index in [1.807, 2.05) is 13.8 Å². The standard InChI is InChI=1S/C15H24N2O3/c1-7(2)10(6-11(18)19)16-15(20)17-14-12-8-3-4-9(5-8)13(12)14/h7-10,12-14H,3-6H2,1-2H3,(H,18,19)(H2,16,17,20). The number of aliphatic carboxylic acids is 1. The highest BCUT2D eigenvalue weighted by Crippen LogP contribution is 2.65. The van der Waals surface area contributed by atoms with E-state index in [1.165, 1.54) is 19.3 Å². The van der Waals surface area contributed by atoms with Crippen LogP contribution in [-0.2, 0) is 4.79 Å². The van der Waals surface area contributed by atoms with Gasteiger partial charge in [-0.15, -0.1) is 0 Å². The first-order valence-electron chi connectivity index (χ1n) is 7.76. The van der Waals surface area contributed by atoms with Gasteiger partial charge in [0.25, 0.3) is 0 Å². The Bertz CT molecular complexity index is 407. The van der Waals surface area contributed by atoms with Gasteiger partial charge in [0.15, 0.2) is 0 Å². The molecule has 0 aromatic carbocycles. The predicted molar refractivity (Wildman–Crippen MR) is 74.1 cm³/mol. The Morgan fingerprint density at radius 3 is 2.30 bits per heavy atom. The number of carbonyl (C=O) groups is 2. The molecule has 3 rings (SSSR count). The zero-order valence-corrected chi connectivity index (χ0v) is 12.1. The van der Waals surface area contributed by atoms with Crippen LogP contribution in [0.2, 0.25) is 0 Å². The van der Waals surface area contributed by atoms with Crippen LogP contribution >= 0.6 is 0 Å². The van der Waals surface area contributed by atoms with Crippen LogP contribution in [0.3, 0.4) is 0 Å². The van der Waals surface area contributed by atoms with Crippen LogP contribution in [0.1, 0.15) is 39.5 Å². The third kappa shape index (κ3) is 2.38. The number of hydrogen-bond donors (Lipinski definition) is 3. The van der Waals surface area contributed by atoms with Crippen LogP contribution in [0.4, 0.5) is 4.79 Å². The van der Waals surface area contributed by atoms with Crippen molar-refractivity contribution in [2.45, 2.75) is 51.6 Å². The molecule has 0 radical (unpaired) electrons. The zero-order chi connectivity index (χ0) is 14.4. The van der Waals surface area contributed by atoms with Gasteiger partial charge >= 0.3 is 12.0 Å². The lowest BCUT2D eigenvalue weighted by Gasteiger charge is -2.21. The fourth-order valence-corrected chi connectivity index (χ4v) is 4.52. The summed E-state index contributed by atoms with van der Waals surface area (Å²) in [4.78, 5) is 22.9. The van der Waals surface area contributed by atoms with E-state index in [2.05, 4.69) is 10.6 Å². The van der Waals surface area contributed by atoms with Crippen LogP contribution in [0.5, 0.6) is 0 Å². The molecule has 0 aromatic heterocycles. The van der Waals surface area contributed by atoms with Gasteiger partial charge in [0.1, 0.15) is 0 Å². The summed E-state index contributed by atoms with van der Waals surface area (Å²) in [5.74, 6) is 2.32. The molecule has 5 atom stereocenters. The first-order chi connectivity index (χ1) is 9.47. The molecule has 0 aliphatic heterocycles. The van der Waals surface area contributed by atoms with E-state index in [0.29, 0.717) is 17.9 Å². The average molecular weight is 280 g/mol. The highest BCUT2D eigenvalue weighted by atomic mass is 16.4. The van der Waals surface area contributed by atoms with Crippen molar-refractivity contribution in [2.75, 3.05) is 0 Å². The van der Waals surface area contributed by atoms with Gasteiger partial charge in [-0.3, -0.25) is 4.79 Å². The summed E-state index contributed by atoms with van der Waals surface area (Å²) in [6, 6.07) is -0.148. The monoisotopic (exact) mass is 280 g/mol. The first-order valence-corrected chi connectivity index (χ1v) is 7.76. The summed E-state index contributed by atoms with van der Waals surface area (Å²) >= 11 is 0. The van der Waals surface area contributed by atoms with Crippen molar-refractivity contribution in [1.29, 1.82) is 0 Å². The maximum absolute atomic E-state index is 12.0. The van der Waals surface area contributed by atoms with Crippen LogP contribution in [0.15, 0.2) is 0 Å². The van der Waals surface area contributed by atoms with Gasteiger partial charge in [0.2, 0.25) is 0 Å². The number of amides is 2. The zero-order valence-electron chi connectivity index (χ0n) is 12.1. The number of rotatable bonds is 5. The maximum atomic E-state index is 12.0. The minimum atomic E-state index is -0.870. The third-order valence-electron chi connectivity index (χ3n) is 5.55. The molecule has 3 N–H and O–H groups in total. The van der Waals surface area contributed by atoms with Crippen LogP contribution in [0.25, 0.3) is 0 Å². The smallest absolute Gasteiger partial charge is 0.315 e. The molecule has 3 fully saturated rings. The van der Waals surface area contributed by atoms with Crippen molar-refractivity contribution in [3.05, 3.63) is 0 Å². The summed E-state index contributed by atoms with van der Waals surface area (Å²) < 4.78 is 0. The van der Waals surface area contributed by atoms with Crippen LogP contribution in [-0.4, -0.2) is 29.2 Å². The van der Waals surface area contributed by atoms with Gasteiger partial charge < -0.3 is 15.7 Å². The number of urea groups is 1. The number of carbonyl (C=O) groups excluding carboxylic acids is 1. The van der Waals surface area contributed by atoms with E-state index in [-0.39, 0.29) is 24.4 Å². The molecular formula is C15H24N2O3. The second kappa shape index (κ2) is 4.93. The number of nitrogens with one attached hydrogen (secondary N) is 2. The van der Waals surface area contributed by atoms with Crippen LogP contribution in [0, 0.1) is 29.6 Å². The average Bonchev–Trinajstić information content (AvgIpc) is 2.76. The molecule has 0 saturated heterocycles. The minimum absolute atomic E-state index is 0.0200. The van der Waals surface area contributed by atoms with Crippen molar-refractivity contribution in [1.82, 2.24) is 10.6 Å². The fraction of sp³-hybridized carbons (Fsp3) is 0.867. The minimum Gasteiger partial charge on any atom is -0.481 e. The Labute approximate surface area is 119 Å². The molecule has 2 amide bonds. The molecule has 0 spiro atoms. The van der Waals surface area contributed by atoms with Gasteiger partial charge in [-0.2, -0.15) is 0 Å². The summed E-state index contributed by atoms with van der Waals surface area (Å²) in [7, 11) is 0. The molecule has 3 aliphatic rings. The number of hydrogen-bond acceptors (Lipinski definition) is 2. The van der Waals surface area contributed by atoms with Gasteiger partial charge in [-0.05, 0) is 48.9 Å². The molecule has 20 heavy (non-hydrogen) atoms. The molecule has 5 unspecified atom stereocenters. The number of carboxylic acid groups (broad SMARTS) is 1. The summed E-state index contributed by atoms with van der Waals surface area (Å²) in [6.07, 6.45) is 4.01. The van der Waals surface area contributed by atoms with Crippen LogP contribution < -0.4 is 10.6 Å². The second-order valence-electron chi connectivity index (χ2n) is 7.08. The maximum Gasteiger partial charge on any atom is 0.315 e. The summed E-state index contributed by atoms with van der Waals surface area (Å²) in [5.41, 5.74) is 0. The van der Waals surface area contributed by atoms with E-state index >= 15 is 0 Å². The van der Waals surface area contributed by atoms with Gasteiger partial charge in [-0.1, -0.05) is 13.8 Å². The van der Waals surface area contributed by atoms with E-state index in [0.717, 1.165) is 11.8 Å². The fourth-order valence-electron chi connectivity index (χ4n) is 4.52. The molecule has 3 aliphatic carbocycles. The second-order valence-corrected chi connectivity index (χ2v) is 7.08. The molecule has 0 heterocycles. The predicted octanol–water partition coefficient (Wildman–Crippen LogP) is 1.83. The molecule has 5 nitrogen and oxygen atoms in total. The van der Waals surface area contributed by atoms with Crippen molar-refractivity contribution in [3.63, 3.8) is 0 Å². The third-order valence-corrected chi connectivity index (χ3v) is 5.55. The Morgan fingerprint density at radius 1 is 1.20 bits per heavy atom. The Hall–Kier alpha value is -1.26. The Balaban J connectivity index is 1.49. The Kier molecular flexibility index (Phi) is 3.38. The lowest BCUT2D eigenvalue weighted by atomic mass is 10.0. The lowest BCUT2D eigenvalue weighted by molar-refractivity contribution is -0.137. The molecule has 3 saturated carbocycles. The van der Waals surface area contributed by atoms with Gasteiger partial charge in [0.05, 0.1) is 6.42 Å². The molecule has 0 aromatic rings. The number of fused-ring (bicyclic) bond motifs is 5. The summed E-state index contributed by atoms with van der Waals surface area (Å²) in [6.45, 7) is 3.86. The highest BCUT2D eigenvalue weighted by Gasteiger charge is 2.65. The number of carboxylic acids is 1. The summed E-state index contributed by atoms with van der Waals surface area (Å²) in [5, 5.41) is 14.8. The highest BCUT2D eigenvalue weighted by molar-refractivity contribution is 5.76. The molecule has 112 valence electrons. The largest absolute Gasteiger partial charge is 0.481 e. The normalized spacial score (nSPS) is 38.5. The van der Waals surface area contributed by atoms with Crippen molar-refractivity contribution in [2.24, 2.45) is 29.6 Å². The van der Waals surface area contributed by atoms with E-state index < -0.39 is 5.97 Å². The van der Waals surface area contributed by atoms with Crippen molar-refractivity contribution in [3.8, 4) is 0 Å². The van der Waals surface area contributed by atoms with Gasteiger partial charge in [0, 0.05) is 12.1 Å². The van der Waals surface area contributed by atoms with Crippen molar-refractivity contribution >= 4 is 12.0 Å². The Morgan fingerprint density at radius 2 is 1.80 bits per heavy atom. The first kappa shape index (κ1) is 13.7. The SMILES string of the molecule is CC(C)C(CC(=O)O)NC(=O)NC1C2C3CCC(C3)C12.